The van der Waals surface area contributed by atoms with Gasteiger partial charge in [-0.1, -0.05) is 22.0 Å². The van der Waals surface area contributed by atoms with Crippen molar-refractivity contribution in [3.05, 3.63) is 23.8 Å². The zero-order chi connectivity index (χ0) is 13.0. The van der Waals surface area contributed by atoms with Gasteiger partial charge in [0.2, 0.25) is 0 Å². The molecule has 0 aromatic heterocycles. The van der Waals surface area contributed by atoms with E-state index in [2.05, 4.69) is 22.0 Å². The number of alkyl halides is 1. The summed E-state index contributed by atoms with van der Waals surface area (Å²) in [4.78, 5) is 0.308. The van der Waals surface area contributed by atoms with Crippen LogP contribution in [0.5, 0.6) is 11.5 Å². The van der Waals surface area contributed by atoms with Gasteiger partial charge in [0, 0.05) is 29.7 Å². The summed E-state index contributed by atoms with van der Waals surface area (Å²) in [6.07, 6.45) is 2.18. The van der Waals surface area contributed by atoms with Crippen LogP contribution in [-0.2, 0) is 4.74 Å². The van der Waals surface area contributed by atoms with Gasteiger partial charge >= 0.3 is 0 Å². The number of rotatable bonds is 4. The van der Waals surface area contributed by atoms with Crippen LogP contribution in [-0.4, -0.2) is 27.4 Å². The van der Waals surface area contributed by atoms with Crippen molar-refractivity contribution < 1.29 is 14.2 Å². The highest BCUT2D eigenvalue weighted by atomic mass is 79.9. The van der Waals surface area contributed by atoms with Crippen molar-refractivity contribution in [3.63, 3.8) is 0 Å². The molecule has 1 atom stereocenters. The van der Waals surface area contributed by atoms with E-state index in [1.54, 1.807) is 14.2 Å². The summed E-state index contributed by atoms with van der Waals surface area (Å²) in [6, 6.07) is 5.99. The van der Waals surface area contributed by atoms with Gasteiger partial charge in [-0.15, -0.1) is 0 Å². The van der Waals surface area contributed by atoms with E-state index in [0.29, 0.717) is 10.7 Å². The molecular formula is C14H19BrO3. The third-order valence-corrected chi connectivity index (χ3v) is 4.66. The Morgan fingerprint density at radius 1 is 1.22 bits per heavy atom. The Hall–Kier alpha value is -0.740. The summed E-state index contributed by atoms with van der Waals surface area (Å²) < 4.78 is 16.1. The maximum absolute atomic E-state index is 5.46. The monoisotopic (exact) mass is 314 g/mol. The van der Waals surface area contributed by atoms with Gasteiger partial charge in [0.1, 0.15) is 11.5 Å². The summed E-state index contributed by atoms with van der Waals surface area (Å²) in [5.41, 5.74) is 1.19. The predicted octanol–water partition coefficient (Wildman–Crippen LogP) is 3.57. The first-order chi connectivity index (χ1) is 8.76. The van der Waals surface area contributed by atoms with Crippen molar-refractivity contribution in [1.82, 2.24) is 0 Å². The van der Waals surface area contributed by atoms with E-state index in [9.17, 15) is 0 Å². The van der Waals surface area contributed by atoms with Crippen LogP contribution in [0, 0.1) is 5.92 Å². The Labute approximate surface area is 117 Å². The molecule has 0 saturated carbocycles. The van der Waals surface area contributed by atoms with Gasteiger partial charge < -0.3 is 14.2 Å². The molecule has 1 aromatic rings. The molecule has 0 N–H and O–H groups in total. The molecule has 0 amide bonds. The Morgan fingerprint density at radius 2 is 1.94 bits per heavy atom. The topological polar surface area (TPSA) is 27.7 Å². The van der Waals surface area contributed by atoms with Crippen LogP contribution in [0.4, 0.5) is 0 Å². The number of benzene rings is 1. The number of halogens is 1. The quantitative estimate of drug-likeness (QED) is 0.795. The van der Waals surface area contributed by atoms with Gasteiger partial charge in [-0.25, -0.2) is 0 Å². The molecule has 4 heteroatoms. The first kappa shape index (κ1) is 13.7. The van der Waals surface area contributed by atoms with E-state index in [1.807, 2.05) is 12.1 Å². The standard InChI is InChI=1S/C14H19BrO3/c1-16-11-3-4-12(13(9-11)17-2)14(15)10-5-7-18-8-6-10/h3-4,9-10,14H,5-8H2,1-2H3. The molecule has 0 radical (unpaired) electrons. The van der Waals surface area contributed by atoms with E-state index in [4.69, 9.17) is 14.2 Å². The summed E-state index contributed by atoms with van der Waals surface area (Å²) in [6.45, 7) is 1.70. The highest BCUT2D eigenvalue weighted by molar-refractivity contribution is 9.09. The van der Waals surface area contributed by atoms with Gasteiger partial charge in [0.25, 0.3) is 0 Å². The van der Waals surface area contributed by atoms with Crippen molar-refractivity contribution in [1.29, 1.82) is 0 Å². The molecular weight excluding hydrogens is 296 g/mol. The van der Waals surface area contributed by atoms with Crippen LogP contribution in [0.3, 0.4) is 0 Å². The third-order valence-electron chi connectivity index (χ3n) is 3.42. The number of ether oxygens (including phenoxy) is 3. The van der Waals surface area contributed by atoms with E-state index in [1.165, 1.54) is 5.56 Å². The first-order valence-corrected chi connectivity index (χ1v) is 7.11. The maximum Gasteiger partial charge on any atom is 0.126 e. The van der Waals surface area contributed by atoms with Gasteiger partial charge in [-0.05, 0) is 24.8 Å². The van der Waals surface area contributed by atoms with E-state index in [0.717, 1.165) is 37.6 Å². The number of hydrogen-bond acceptors (Lipinski definition) is 3. The van der Waals surface area contributed by atoms with Crippen LogP contribution >= 0.6 is 15.9 Å². The van der Waals surface area contributed by atoms with Crippen LogP contribution in [0.1, 0.15) is 23.2 Å². The molecule has 100 valence electrons. The second-order valence-electron chi connectivity index (χ2n) is 4.46. The highest BCUT2D eigenvalue weighted by Gasteiger charge is 2.25. The summed E-state index contributed by atoms with van der Waals surface area (Å²) in [5, 5.41) is 0. The Balaban J connectivity index is 2.20. The lowest BCUT2D eigenvalue weighted by Crippen LogP contribution is -2.19. The van der Waals surface area contributed by atoms with Crippen molar-refractivity contribution in [3.8, 4) is 11.5 Å². The molecule has 1 aliphatic rings. The molecule has 1 heterocycles. The molecule has 1 fully saturated rings. The third kappa shape index (κ3) is 2.98. The van der Waals surface area contributed by atoms with Gasteiger partial charge in [-0.2, -0.15) is 0 Å². The summed E-state index contributed by atoms with van der Waals surface area (Å²) in [5.74, 6) is 2.30. The predicted molar refractivity (Wildman–Crippen MR) is 74.8 cm³/mol. The van der Waals surface area contributed by atoms with Crippen LogP contribution in [0.15, 0.2) is 18.2 Å². The van der Waals surface area contributed by atoms with Crippen molar-refractivity contribution >= 4 is 15.9 Å². The molecule has 3 nitrogen and oxygen atoms in total. The van der Waals surface area contributed by atoms with Crippen molar-refractivity contribution in [2.75, 3.05) is 27.4 Å². The lowest BCUT2D eigenvalue weighted by atomic mass is 9.92. The molecule has 1 unspecified atom stereocenters. The summed E-state index contributed by atoms with van der Waals surface area (Å²) >= 11 is 3.81. The van der Waals surface area contributed by atoms with Crippen molar-refractivity contribution in [2.45, 2.75) is 17.7 Å². The molecule has 2 rings (SSSR count). The van der Waals surface area contributed by atoms with Crippen LogP contribution in [0.25, 0.3) is 0 Å². The minimum absolute atomic E-state index is 0.308. The molecule has 0 bridgehead atoms. The Bertz CT molecular complexity index is 389. The second kappa shape index (κ2) is 6.43. The molecule has 0 spiro atoms. The lowest BCUT2D eigenvalue weighted by Gasteiger charge is -2.27. The number of hydrogen-bond donors (Lipinski definition) is 0. The molecule has 0 aliphatic carbocycles. The zero-order valence-electron chi connectivity index (χ0n) is 10.8. The average molecular weight is 315 g/mol. The molecule has 1 aliphatic heterocycles. The maximum atomic E-state index is 5.46. The molecule has 1 saturated heterocycles. The fraction of sp³-hybridized carbons (Fsp3) is 0.571. The van der Waals surface area contributed by atoms with E-state index in [-0.39, 0.29) is 0 Å². The minimum atomic E-state index is 0.308. The molecule has 18 heavy (non-hydrogen) atoms. The second-order valence-corrected chi connectivity index (χ2v) is 5.45. The van der Waals surface area contributed by atoms with Gasteiger partial charge in [-0.3, -0.25) is 0 Å². The Morgan fingerprint density at radius 3 is 2.56 bits per heavy atom. The van der Waals surface area contributed by atoms with E-state index < -0.39 is 0 Å². The first-order valence-electron chi connectivity index (χ1n) is 6.20. The minimum Gasteiger partial charge on any atom is -0.497 e. The molecule has 1 aromatic carbocycles. The normalized spacial score (nSPS) is 18.4. The van der Waals surface area contributed by atoms with Crippen LogP contribution in [0.2, 0.25) is 0 Å². The smallest absolute Gasteiger partial charge is 0.126 e. The SMILES string of the molecule is COc1ccc(C(Br)C2CCOCC2)c(OC)c1. The van der Waals surface area contributed by atoms with E-state index >= 15 is 0 Å². The Kier molecular flexibility index (Phi) is 4.89. The fourth-order valence-corrected chi connectivity index (χ4v) is 3.22. The highest BCUT2D eigenvalue weighted by Crippen LogP contribution is 2.42. The number of methoxy groups -OCH3 is 2. The van der Waals surface area contributed by atoms with Gasteiger partial charge in [0.05, 0.1) is 14.2 Å². The lowest BCUT2D eigenvalue weighted by molar-refractivity contribution is 0.0660. The summed E-state index contributed by atoms with van der Waals surface area (Å²) in [7, 11) is 3.36. The average Bonchev–Trinajstić information content (AvgIpc) is 2.46. The van der Waals surface area contributed by atoms with Crippen molar-refractivity contribution in [2.24, 2.45) is 5.92 Å². The largest absolute Gasteiger partial charge is 0.497 e. The van der Waals surface area contributed by atoms with Gasteiger partial charge in [0.15, 0.2) is 0 Å². The zero-order valence-corrected chi connectivity index (χ0v) is 12.4. The van der Waals surface area contributed by atoms with Crippen LogP contribution < -0.4 is 9.47 Å². The fourth-order valence-electron chi connectivity index (χ4n) is 2.31.